The van der Waals surface area contributed by atoms with Crippen molar-refractivity contribution in [3.63, 3.8) is 0 Å². The fourth-order valence-electron chi connectivity index (χ4n) is 1.05. The zero-order valence-corrected chi connectivity index (χ0v) is 8.53. The standard InChI is InChI=1S/C10H11FN2O3/c1-5(12)9(14)13-8-3-2-6(11)4-7(8)10(15)16/h2-5H,12H2,1H3,(H,13,14)(H,15,16)/t5-/m0/s1. The van der Waals surface area contributed by atoms with Gasteiger partial charge in [0.25, 0.3) is 0 Å². The van der Waals surface area contributed by atoms with Gasteiger partial charge in [0.05, 0.1) is 17.3 Å². The van der Waals surface area contributed by atoms with Crippen LogP contribution in [0.3, 0.4) is 0 Å². The number of carboxylic acid groups (broad SMARTS) is 1. The van der Waals surface area contributed by atoms with Gasteiger partial charge in [-0.2, -0.15) is 0 Å². The van der Waals surface area contributed by atoms with E-state index in [1.165, 1.54) is 13.0 Å². The number of nitrogens with one attached hydrogen (secondary N) is 1. The van der Waals surface area contributed by atoms with Gasteiger partial charge in [0.2, 0.25) is 5.91 Å². The smallest absolute Gasteiger partial charge is 0.337 e. The summed E-state index contributed by atoms with van der Waals surface area (Å²) in [6, 6.07) is 2.30. The van der Waals surface area contributed by atoms with Gasteiger partial charge in [0.1, 0.15) is 5.82 Å². The quantitative estimate of drug-likeness (QED) is 0.711. The maximum absolute atomic E-state index is 12.8. The molecule has 0 saturated heterocycles. The number of carboxylic acids is 1. The highest BCUT2D eigenvalue weighted by Crippen LogP contribution is 2.17. The molecule has 4 N–H and O–H groups in total. The molecule has 0 aliphatic rings. The van der Waals surface area contributed by atoms with E-state index in [9.17, 15) is 14.0 Å². The van der Waals surface area contributed by atoms with E-state index in [1.54, 1.807) is 0 Å². The maximum atomic E-state index is 12.8. The van der Waals surface area contributed by atoms with Gasteiger partial charge in [0, 0.05) is 0 Å². The fraction of sp³-hybridized carbons (Fsp3) is 0.200. The molecule has 0 saturated carbocycles. The highest BCUT2D eigenvalue weighted by molar-refractivity contribution is 6.01. The first-order valence-electron chi connectivity index (χ1n) is 4.51. The first kappa shape index (κ1) is 12.1. The Bertz CT molecular complexity index is 432. The van der Waals surface area contributed by atoms with Crippen LogP contribution in [0.2, 0.25) is 0 Å². The lowest BCUT2D eigenvalue weighted by atomic mass is 10.1. The maximum Gasteiger partial charge on any atom is 0.337 e. The molecular formula is C10H11FN2O3. The fourth-order valence-corrected chi connectivity index (χ4v) is 1.05. The number of rotatable bonds is 3. The minimum atomic E-state index is -1.32. The van der Waals surface area contributed by atoms with Crippen molar-refractivity contribution >= 4 is 17.6 Å². The molecule has 1 rings (SSSR count). The molecule has 86 valence electrons. The van der Waals surface area contributed by atoms with Crippen molar-refractivity contribution in [2.45, 2.75) is 13.0 Å². The van der Waals surface area contributed by atoms with Crippen LogP contribution in [0.1, 0.15) is 17.3 Å². The van der Waals surface area contributed by atoms with Crippen molar-refractivity contribution in [2.75, 3.05) is 5.32 Å². The first-order valence-corrected chi connectivity index (χ1v) is 4.51. The molecule has 0 spiro atoms. The Balaban J connectivity index is 3.04. The second-order valence-electron chi connectivity index (χ2n) is 3.27. The monoisotopic (exact) mass is 226 g/mol. The van der Waals surface area contributed by atoms with Gasteiger partial charge in [0.15, 0.2) is 0 Å². The summed E-state index contributed by atoms with van der Waals surface area (Å²) in [5, 5.41) is 11.1. The van der Waals surface area contributed by atoms with E-state index < -0.39 is 23.7 Å². The number of benzene rings is 1. The third kappa shape index (κ3) is 2.77. The highest BCUT2D eigenvalue weighted by atomic mass is 19.1. The van der Waals surface area contributed by atoms with Crippen LogP contribution in [0.5, 0.6) is 0 Å². The molecule has 0 radical (unpaired) electrons. The number of nitrogens with two attached hydrogens (primary N) is 1. The van der Waals surface area contributed by atoms with Gasteiger partial charge in [-0.15, -0.1) is 0 Å². The minimum Gasteiger partial charge on any atom is -0.478 e. The number of anilines is 1. The molecule has 0 aromatic heterocycles. The van der Waals surface area contributed by atoms with Crippen LogP contribution in [0, 0.1) is 5.82 Å². The second-order valence-corrected chi connectivity index (χ2v) is 3.27. The van der Waals surface area contributed by atoms with Gasteiger partial charge < -0.3 is 16.2 Å². The summed E-state index contributed by atoms with van der Waals surface area (Å²) in [4.78, 5) is 22.0. The average Bonchev–Trinajstić information content (AvgIpc) is 2.20. The summed E-state index contributed by atoms with van der Waals surface area (Å²) in [5.41, 5.74) is 5.02. The molecule has 5 nitrogen and oxygen atoms in total. The van der Waals surface area contributed by atoms with E-state index in [-0.39, 0.29) is 11.3 Å². The molecule has 0 aliphatic carbocycles. The van der Waals surface area contributed by atoms with Crippen molar-refractivity contribution in [3.05, 3.63) is 29.6 Å². The third-order valence-corrected chi connectivity index (χ3v) is 1.88. The van der Waals surface area contributed by atoms with Crippen molar-refractivity contribution in [1.29, 1.82) is 0 Å². The lowest BCUT2D eigenvalue weighted by Crippen LogP contribution is -2.33. The number of hydrogen-bond acceptors (Lipinski definition) is 3. The topological polar surface area (TPSA) is 92.4 Å². The zero-order chi connectivity index (χ0) is 12.3. The van der Waals surface area contributed by atoms with Gasteiger partial charge >= 0.3 is 5.97 Å². The number of halogens is 1. The van der Waals surface area contributed by atoms with Crippen LogP contribution in [0.4, 0.5) is 10.1 Å². The molecule has 0 unspecified atom stereocenters. The van der Waals surface area contributed by atoms with Crippen LogP contribution >= 0.6 is 0 Å². The van der Waals surface area contributed by atoms with E-state index in [4.69, 9.17) is 10.8 Å². The van der Waals surface area contributed by atoms with E-state index in [0.717, 1.165) is 12.1 Å². The summed E-state index contributed by atoms with van der Waals surface area (Å²) in [6.07, 6.45) is 0. The lowest BCUT2D eigenvalue weighted by Gasteiger charge is -2.10. The molecule has 0 aliphatic heterocycles. The van der Waals surface area contributed by atoms with Crippen LogP contribution < -0.4 is 11.1 Å². The van der Waals surface area contributed by atoms with Gasteiger partial charge in [-0.25, -0.2) is 9.18 Å². The number of carbonyl (C=O) groups is 2. The summed E-state index contributed by atoms with van der Waals surface area (Å²) >= 11 is 0. The van der Waals surface area contributed by atoms with Crippen LogP contribution in [0.25, 0.3) is 0 Å². The van der Waals surface area contributed by atoms with Crippen molar-refractivity contribution in [2.24, 2.45) is 5.73 Å². The molecule has 6 heteroatoms. The molecule has 0 heterocycles. The number of hydrogen-bond donors (Lipinski definition) is 3. The van der Waals surface area contributed by atoms with E-state index in [2.05, 4.69) is 5.32 Å². The molecule has 1 aromatic rings. The van der Waals surface area contributed by atoms with Crippen molar-refractivity contribution < 1.29 is 19.1 Å². The summed E-state index contributed by atoms with van der Waals surface area (Å²) < 4.78 is 12.8. The lowest BCUT2D eigenvalue weighted by molar-refractivity contribution is -0.117. The van der Waals surface area contributed by atoms with E-state index in [1.807, 2.05) is 0 Å². The summed E-state index contributed by atoms with van der Waals surface area (Å²) in [6.45, 7) is 1.46. The second kappa shape index (κ2) is 4.71. The molecule has 0 fully saturated rings. The normalized spacial score (nSPS) is 11.9. The number of aromatic carboxylic acids is 1. The molecule has 0 bridgehead atoms. The minimum absolute atomic E-state index is 0.0243. The van der Waals surface area contributed by atoms with Crippen LogP contribution in [-0.2, 0) is 4.79 Å². The Hall–Kier alpha value is -1.95. The Morgan fingerprint density at radius 1 is 1.50 bits per heavy atom. The summed E-state index contributed by atoms with van der Waals surface area (Å²) in [5.74, 6) is -2.54. The molecular weight excluding hydrogens is 215 g/mol. The molecule has 1 amide bonds. The third-order valence-electron chi connectivity index (χ3n) is 1.88. The highest BCUT2D eigenvalue weighted by Gasteiger charge is 2.15. The Kier molecular flexibility index (Phi) is 3.57. The van der Waals surface area contributed by atoms with Crippen molar-refractivity contribution in [3.8, 4) is 0 Å². The molecule has 16 heavy (non-hydrogen) atoms. The number of carbonyl (C=O) groups excluding carboxylic acids is 1. The van der Waals surface area contributed by atoms with Gasteiger partial charge in [-0.05, 0) is 25.1 Å². The van der Waals surface area contributed by atoms with Crippen molar-refractivity contribution in [1.82, 2.24) is 0 Å². The van der Waals surface area contributed by atoms with E-state index >= 15 is 0 Å². The Labute approximate surface area is 91.1 Å². The SMILES string of the molecule is C[C@H](N)C(=O)Nc1ccc(F)cc1C(=O)O. The van der Waals surface area contributed by atoms with Gasteiger partial charge in [-0.1, -0.05) is 0 Å². The largest absolute Gasteiger partial charge is 0.478 e. The predicted molar refractivity (Wildman–Crippen MR) is 55.6 cm³/mol. The average molecular weight is 226 g/mol. The first-order chi connectivity index (χ1) is 7.41. The van der Waals surface area contributed by atoms with E-state index in [0.29, 0.717) is 0 Å². The predicted octanol–water partition coefficient (Wildman–Crippen LogP) is 0.810. The molecule has 1 aromatic carbocycles. The summed E-state index contributed by atoms with van der Waals surface area (Å²) in [7, 11) is 0. The Morgan fingerprint density at radius 3 is 2.62 bits per heavy atom. The van der Waals surface area contributed by atoms with Crippen LogP contribution in [-0.4, -0.2) is 23.0 Å². The zero-order valence-electron chi connectivity index (χ0n) is 8.53. The van der Waals surface area contributed by atoms with Gasteiger partial charge in [-0.3, -0.25) is 4.79 Å². The van der Waals surface area contributed by atoms with Crippen LogP contribution in [0.15, 0.2) is 18.2 Å². The number of amides is 1. The Morgan fingerprint density at radius 2 is 2.12 bits per heavy atom. The molecule has 1 atom stereocenters.